The Morgan fingerprint density at radius 3 is 2.24 bits per heavy atom. The molecule has 1 saturated heterocycles. The van der Waals surface area contributed by atoms with Crippen LogP contribution in [0.2, 0.25) is 0 Å². The summed E-state index contributed by atoms with van der Waals surface area (Å²) in [6.07, 6.45) is -1.35. The first-order valence-corrected chi connectivity index (χ1v) is 8.27. The number of nitrogens with zero attached hydrogens (tertiary/aromatic N) is 1. The van der Waals surface area contributed by atoms with Gasteiger partial charge in [0.15, 0.2) is 18.4 Å². The Hall–Kier alpha value is -2.42. The lowest BCUT2D eigenvalue weighted by Crippen LogP contribution is -2.42. The fourth-order valence-electron chi connectivity index (χ4n) is 2.63. The van der Waals surface area contributed by atoms with Gasteiger partial charge in [0.25, 0.3) is 5.56 Å². The predicted molar refractivity (Wildman–Crippen MR) is 85.9 cm³/mol. The average Bonchev–Trinajstić information content (AvgIpc) is 2.92. The number of esters is 2. The average molecular weight is 354 g/mol. The van der Waals surface area contributed by atoms with Crippen molar-refractivity contribution >= 4 is 11.9 Å². The second-order valence-corrected chi connectivity index (χ2v) is 5.61. The van der Waals surface area contributed by atoms with Crippen molar-refractivity contribution in [3.05, 3.63) is 33.1 Å². The Labute approximate surface area is 143 Å². The molecule has 0 aliphatic carbocycles. The lowest BCUT2D eigenvalue weighted by Gasteiger charge is -2.24. The monoisotopic (exact) mass is 354 g/mol. The molecule has 0 radical (unpaired) electrons. The third-order valence-electron chi connectivity index (χ3n) is 3.93. The molecule has 9 nitrogen and oxygen atoms in total. The van der Waals surface area contributed by atoms with Gasteiger partial charge in [0.05, 0.1) is 0 Å². The quantitative estimate of drug-likeness (QED) is 0.739. The van der Waals surface area contributed by atoms with Crippen molar-refractivity contribution in [2.24, 2.45) is 0 Å². The SMILES string of the molecule is CCC(=O)OC1[C@@H](CC)O[C@@H](n2ccc(=O)[nH]c2=O)[C@H]1OC(=O)CC. The molecule has 0 amide bonds. The summed E-state index contributed by atoms with van der Waals surface area (Å²) < 4.78 is 17.8. The summed E-state index contributed by atoms with van der Waals surface area (Å²) >= 11 is 0. The van der Waals surface area contributed by atoms with Crippen molar-refractivity contribution < 1.29 is 23.8 Å². The van der Waals surface area contributed by atoms with Gasteiger partial charge in [-0.25, -0.2) is 4.79 Å². The van der Waals surface area contributed by atoms with E-state index < -0.39 is 47.7 Å². The molecule has 1 aliphatic rings. The number of rotatable bonds is 6. The van der Waals surface area contributed by atoms with E-state index in [1.165, 1.54) is 6.20 Å². The van der Waals surface area contributed by atoms with E-state index >= 15 is 0 Å². The van der Waals surface area contributed by atoms with Crippen molar-refractivity contribution in [2.75, 3.05) is 0 Å². The second kappa shape index (κ2) is 8.11. The molecule has 0 saturated carbocycles. The standard InChI is InChI=1S/C16H22N2O7/c1-4-9-13(24-11(20)5-2)14(25-12(21)6-3)15(23-9)18-8-7-10(19)17-16(18)22/h7-9,13-15H,4-6H2,1-3H3,(H,17,19,22)/t9-,13?,14+,15-/m1/s1. The molecule has 138 valence electrons. The molecule has 4 atom stereocenters. The summed E-state index contributed by atoms with van der Waals surface area (Å²) in [7, 11) is 0. The lowest BCUT2D eigenvalue weighted by molar-refractivity contribution is -0.168. The van der Waals surface area contributed by atoms with E-state index in [1.54, 1.807) is 13.8 Å². The van der Waals surface area contributed by atoms with E-state index in [9.17, 15) is 19.2 Å². The van der Waals surface area contributed by atoms with Gasteiger partial charge >= 0.3 is 17.6 Å². The van der Waals surface area contributed by atoms with Crippen LogP contribution in [0.3, 0.4) is 0 Å². The fraction of sp³-hybridized carbons (Fsp3) is 0.625. The summed E-state index contributed by atoms with van der Waals surface area (Å²) in [5.74, 6) is -0.968. The maximum atomic E-state index is 12.1. The van der Waals surface area contributed by atoms with Gasteiger partial charge in [-0.2, -0.15) is 0 Å². The van der Waals surface area contributed by atoms with Crippen LogP contribution >= 0.6 is 0 Å². The molecule has 2 rings (SSSR count). The molecule has 1 unspecified atom stereocenters. The Kier molecular flexibility index (Phi) is 6.13. The maximum Gasteiger partial charge on any atom is 0.330 e. The summed E-state index contributed by atoms with van der Waals surface area (Å²) in [5, 5.41) is 0. The summed E-state index contributed by atoms with van der Waals surface area (Å²) in [6, 6.07) is 1.16. The number of carbonyl (C=O) groups excluding carboxylic acids is 2. The first-order chi connectivity index (χ1) is 11.9. The van der Waals surface area contributed by atoms with Gasteiger partial charge in [-0.15, -0.1) is 0 Å². The normalized spacial score (nSPS) is 25.6. The van der Waals surface area contributed by atoms with Gasteiger partial charge in [0.1, 0.15) is 6.10 Å². The zero-order chi connectivity index (χ0) is 18.6. The minimum atomic E-state index is -1.00. The lowest BCUT2D eigenvalue weighted by atomic mass is 10.1. The third kappa shape index (κ3) is 4.16. The van der Waals surface area contributed by atoms with Crippen LogP contribution in [0, 0.1) is 0 Å². The number of carbonyl (C=O) groups is 2. The van der Waals surface area contributed by atoms with Crippen molar-refractivity contribution in [1.29, 1.82) is 0 Å². The van der Waals surface area contributed by atoms with Crippen molar-refractivity contribution in [3.8, 4) is 0 Å². The summed E-state index contributed by atoms with van der Waals surface area (Å²) in [5.41, 5.74) is -1.25. The molecule has 1 aliphatic heterocycles. The highest BCUT2D eigenvalue weighted by Crippen LogP contribution is 2.34. The van der Waals surface area contributed by atoms with Crippen LogP contribution in [0.4, 0.5) is 0 Å². The topological polar surface area (TPSA) is 117 Å². The van der Waals surface area contributed by atoms with E-state index in [1.807, 2.05) is 6.92 Å². The van der Waals surface area contributed by atoms with E-state index in [0.29, 0.717) is 6.42 Å². The smallest absolute Gasteiger partial charge is 0.330 e. The number of ether oxygens (including phenoxy) is 3. The van der Waals surface area contributed by atoms with Gasteiger partial charge in [0.2, 0.25) is 0 Å². The highest BCUT2D eigenvalue weighted by Gasteiger charge is 2.49. The van der Waals surface area contributed by atoms with Crippen molar-refractivity contribution in [3.63, 3.8) is 0 Å². The molecule has 0 spiro atoms. The number of nitrogens with one attached hydrogen (secondary N) is 1. The van der Waals surface area contributed by atoms with Gasteiger partial charge < -0.3 is 14.2 Å². The molecule has 25 heavy (non-hydrogen) atoms. The van der Waals surface area contributed by atoms with E-state index in [4.69, 9.17) is 14.2 Å². The molecular formula is C16H22N2O7. The minimum absolute atomic E-state index is 0.120. The van der Waals surface area contributed by atoms with E-state index in [0.717, 1.165) is 10.6 Å². The molecule has 0 aromatic carbocycles. The second-order valence-electron chi connectivity index (χ2n) is 5.61. The van der Waals surface area contributed by atoms with Crippen molar-refractivity contribution in [2.45, 2.75) is 64.6 Å². The van der Waals surface area contributed by atoms with Crippen LogP contribution in [-0.2, 0) is 23.8 Å². The molecule has 2 heterocycles. The van der Waals surface area contributed by atoms with Crippen LogP contribution in [0.15, 0.2) is 21.9 Å². The van der Waals surface area contributed by atoms with Crippen LogP contribution in [0.25, 0.3) is 0 Å². The van der Waals surface area contributed by atoms with Crippen molar-refractivity contribution in [1.82, 2.24) is 9.55 Å². The molecule has 9 heteroatoms. The molecule has 1 aromatic heterocycles. The van der Waals surface area contributed by atoms with Gasteiger partial charge in [0, 0.05) is 25.1 Å². The Morgan fingerprint density at radius 2 is 1.72 bits per heavy atom. The van der Waals surface area contributed by atoms with Gasteiger partial charge in [-0.05, 0) is 6.42 Å². The summed E-state index contributed by atoms with van der Waals surface area (Å²) in [6.45, 7) is 5.11. The Bertz CT molecular complexity index is 738. The maximum absolute atomic E-state index is 12.1. The van der Waals surface area contributed by atoms with Crippen LogP contribution in [0.5, 0.6) is 0 Å². The van der Waals surface area contributed by atoms with Crippen LogP contribution < -0.4 is 11.2 Å². The Morgan fingerprint density at radius 1 is 1.12 bits per heavy atom. The van der Waals surface area contributed by atoms with Gasteiger partial charge in [-0.1, -0.05) is 20.8 Å². The first kappa shape index (κ1) is 18.9. The first-order valence-electron chi connectivity index (χ1n) is 8.27. The predicted octanol–water partition coefficient (Wildman–Crippen LogP) is 0.488. The fourth-order valence-corrected chi connectivity index (χ4v) is 2.63. The van der Waals surface area contributed by atoms with Crippen LogP contribution in [-0.4, -0.2) is 39.8 Å². The van der Waals surface area contributed by atoms with Crippen LogP contribution in [0.1, 0.15) is 46.3 Å². The summed E-state index contributed by atoms with van der Waals surface area (Å²) in [4.78, 5) is 49.0. The minimum Gasteiger partial charge on any atom is -0.455 e. The molecule has 1 N–H and O–H groups in total. The van der Waals surface area contributed by atoms with Gasteiger partial charge in [-0.3, -0.25) is 23.9 Å². The molecule has 0 bridgehead atoms. The highest BCUT2D eigenvalue weighted by atomic mass is 16.6. The Balaban J connectivity index is 2.41. The van der Waals surface area contributed by atoms with E-state index in [-0.39, 0.29) is 12.8 Å². The number of hydrogen-bond donors (Lipinski definition) is 1. The number of hydrogen-bond acceptors (Lipinski definition) is 7. The molecule has 1 aromatic rings. The molecule has 1 fully saturated rings. The zero-order valence-corrected chi connectivity index (χ0v) is 14.4. The largest absolute Gasteiger partial charge is 0.455 e. The molecular weight excluding hydrogens is 332 g/mol. The van der Waals surface area contributed by atoms with E-state index in [2.05, 4.69) is 4.98 Å². The third-order valence-corrected chi connectivity index (χ3v) is 3.93. The number of aromatic amines is 1. The number of H-pyrrole nitrogens is 1. The zero-order valence-electron chi connectivity index (χ0n) is 14.4. The number of aromatic nitrogens is 2. The highest BCUT2D eigenvalue weighted by molar-refractivity contribution is 5.70.